The Balaban J connectivity index is 1.10. The first-order valence-corrected chi connectivity index (χ1v) is 16.8. The van der Waals surface area contributed by atoms with E-state index in [0.717, 1.165) is 11.1 Å². The maximum Gasteiger partial charge on any atom is 0.353 e. The van der Waals surface area contributed by atoms with E-state index in [1.165, 1.54) is 42.5 Å². The lowest BCUT2D eigenvalue weighted by molar-refractivity contribution is -0.187. The van der Waals surface area contributed by atoms with Gasteiger partial charge in [-0.1, -0.05) is 72.8 Å². The number of aliphatic hydroxyl groups excluding tert-OH is 3. The van der Waals surface area contributed by atoms with Crippen LogP contribution in [0, 0.1) is 0 Å². The van der Waals surface area contributed by atoms with Crippen molar-refractivity contribution in [2.24, 2.45) is 0 Å². The first kappa shape index (κ1) is 35.3. The maximum absolute atomic E-state index is 13.4. The number of carboxylic acid groups (broad SMARTS) is 1. The summed E-state index contributed by atoms with van der Waals surface area (Å²) < 4.78 is 22.5. The number of aliphatic carboxylic acids is 1. The van der Waals surface area contributed by atoms with E-state index in [9.17, 15) is 44.7 Å². The zero-order valence-corrected chi connectivity index (χ0v) is 28.0. The van der Waals surface area contributed by atoms with E-state index in [4.69, 9.17) is 18.9 Å². The van der Waals surface area contributed by atoms with Crippen LogP contribution in [-0.2, 0) is 51.8 Å². The predicted molar refractivity (Wildman–Crippen MR) is 177 cm³/mol. The topological polar surface area (TPSA) is 210 Å². The number of hydrogen-bond acceptors (Lipinski definition) is 13. The maximum atomic E-state index is 13.4. The van der Waals surface area contributed by atoms with Gasteiger partial charge in [-0.3, -0.25) is 0 Å². The Morgan fingerprint density at radius 3 is 2.13 bits per heavy atom. The Labute approximate surface area is 297 Å². The molecule has 5 N–H and O–H groups in total. The second-order valence-corrected chi connectivity index (χ2v) is 13.5. The number of carbonyl (C=O) groups excluding carboxylic acids is 3. The smallest absolute Gasteiger partial charge is 0.353 e. The van der Waals surface area contributed by atoms with E-state index >= 15 is 0 Å². The van der Waals surface area contributed by atoms with Crippen molar-refractivity contribution < 1.29 is 63.7 Å². The van der Waals surface area contributed by atoms with Crippen LogP contribution in [0.1, 0.15) is 52.9 Å². The molecule has 7 rings (SSSR count). The van der Waals surface area contributed by atoms with Crippen LogP contribution in [0.3, 0.4) is 0 Å². The molecule has 3 aromatic carbocycles. The average molecular weight is 716 g/mol. The van der Waals surface area contributed by atoms with E-state index < -0.39 is 65.4 Å². The van der Waals surface area contributed by atoms with Crippen LogP contribution < -0.4 is 4.74 Å². The molecule has 3 aromatic rings. The molecular weight excluding hydrogens is 678 g/mol. The van der Waals surface area contributed by atoms with Crippen LogP contribution in [0.5, 0.6) is 5.75 Å². The lowest BCUT2D eigenvalue weighted by Crippen LogP contribution is -2.74. The molecule has 8 atom stereocenters. The number of aliphatic hydroxyl groups is 4. The van der Waals surface area contributed by atoms with E-state index in [1.807, 2.05) is 13.1 Å². The van der Waals surface area contributed by atoms with Crippen LogP contribution in [0.25, 0.3) is 0 Å². The molecule has 0 radical (unpaired) electrons. The minimum absolute atomic E-state index is 0.0445. The van der Waals surface area contributed by atoms with Crippen LogP contribution >= 0.6 is 0 Å². The highest BCUT2D eigenvalue weighted by Crippen LogP contribution is 2.64. The van der Waals surface area contributed by atoms with E-state index in [1.54, 1.807) is 30.3 Å². The molecule has 0 saturated carbocycles. The van der Waals surface area contributed by atoms with Crippen LogP contribution in [-0.4, -0.2) is 97.9 Å². The zero-order chi connectivity index (χ0) is 36.9. The van der Waals surface area contributed by atoms with Crippen LogP contribution in [0.15, 0.2) is 84.6 Å². The standard InChI is InChI=1S/C38H37NO13/c1-39-17-16-37-26-22-12-13-23(19-40)29(26)50-32(37)24(14-15-38(37,48)25(39)18-22)49-34(45)27(41)28(42)35(46)52-31(21-10-6-3-7-11-21)36(47)51-30(33(43)44)20-8-4-2-5-9-20/h2-14,25,27-28,30-32,40-42,48H,15-19H2,1H3,(H,43,44)/t25-,27-,28-,30+,31+,32+,37+,38-/m1/s1. The van der Waals surface area contributed by atoms with Crippen LogP contribution in [0.4, 0.5) is 0 Å². The van der Waals surface area contributed by atoms with Crippen LogP contribution in [0.2, 0.25) is 0 Å². The van der Waals surface area contributed by atoms with Crippen molar-refractivity contribution in [2.45, 2.75) is 73.4 Å². The monoisotopic (exact) mass is 715 g/mol. The highest BCUT2D eigenvalue weighted by atomic mass is 16.6. The van der Waals surface area contributed by atoms with Gasteiger partial charge in [-0.25, -0.2) is 19.2 Å². The number of nitrogens with zero attached hydrogens (tertiary/aromatic N) is 1. The molecule has 0 aromatic heterocycles. The third kappa shape index (κ3) is 5.54. The van der Waals surface area contributed by atoms with E-state index in [2.05, 4.69) is 4.90 Å². The summed E-state index contributed by atoms with van der Waals surface area (Å²) in [6.07, 6.45) is -7.22. The Bertz CT molecular complexity index is 1930. The molecule has 1 spiro atoms. The van der Waals surface area contributed by atoms with Crippen molar-refractivity contribution in [3.05, 3.63) is 112 Å². The fraction of sp³-hybridized carbons (Fsp3) is 0.368. The van der Waals surface area contributed by atoms with E-state index in [-0.39, 0.29) is 36.0 Å². The molecule has 272 valence electrons. The van der Waals surface area contributed by atoms with Crippen molar-refractivity contribution in [3.8, 4) is 5.75 Å². The number of piperidine rings is 1. The number of ether oxygens (including phenoxy) is 4. The first-order chi connectivity index (χ1) is 24.9. The van der Waals surface area contributed by atoms with Gasteiger partial charge in [0, 0.05) is 34.7 Å². The molecule has 1 saturated heterocycles. The van der Waals surface area contributed by atoms with Gasteiger partial charge in [-0.05, 0) is 38.1 Å². The quantitative estimate of drug-likeness (QED) is 0.140. The zero-order valence-electron chi connectivity index (χ0n) is 28.0. The molecule has 2 aliphatic heterocycles. The molecule has 14 nitrogen and oxygen atoms in total. The molecular formula is C38H37NO13. The molecule has 4 aliphatic rings. The van der Waals surface area contributed by atoms with Crippen molar-refractivity contribution in [3.63, 3.8) is 0 Å². The SMILES string of the molecule is CN1CC[C@]23c4c5ccc(CO)c4O[C@H]2C(OC(=O)[C@H](O)[C@@H](O)C(=O)O[C@H](C(=O)O[C@H](C(=O)O)c2ccccc2)c2ccccc2)=CC[C@@]3(O)[C@H]1C5. The third-order valence-electron chi connectivity index (χ3n) is 10.7. The van der Waals surface area contributed by atoms with Gasteiger partial charge in [-0.2, -0.15) is 0 Å². The summed E-state index contributed by atoms with van der Waals surface area (Å²) in [7, 11) is 1.93. The predicted octanol–water partition coefficient (Wildman–Crippen LogP) is 1.38. The summed E-state index contributed by atoms with van der Waals surface area (Å²) in [4.78, 5) is 54.0. The summed E-state index contributed by atoms with van der Waals surface area (Å²) >= 11 is 0. The molecule has 2 heterocycles. The Kier molecular flexibility index (Phi) is 9.13. The fourth-order valence-electron chi connectivity index (χ4n) is 8.20. The van der Waals surface area contributed by atoms with Gasteiger partial charge in [0.2, 0.25) is 12.2 Å². The number of benzene rings is 3. The first-order valence-electron chi connectivity index (χ1n) is 16.8. The second kappa shape index (κ2) is 13.5. The summed E-state index contributed by atoms with van der Waals surface area (Å²) in [6, 6.07) is 18.4. The summed E-state index contributed by atoms with van der Waals surface area (Å²) in [5, 5.41) is 53.9. The highest BCUT2D eigenvalue weighted by molar-refractivity contribution is 5.88. The summed E-state index contributed by atoms with van der Waals surface area (Å²) in [6.45, 7) is 0.257. The minimum atomic E-state index is -2.55. The Morgan fingerprint density at radius 1 is 0.885 bits per heavy atom. The second-order valence-electron chi connectivity index (χ2n) is 13.5. The number of carbonyl (C=O) groups is 4. The molecule has 2 aliphatic carbocycles. The summed E-state index contributed by atoms with van der Waals surface area (Å²) in [5.74, 6) is -5.46. The fourth-order valence-corrected chi connectivity index (χ4v) is 8.20. The van der Waals surface area contributed by atoms with Gasteiger partial charge in [0.05, 0.1) is 17.6 Å². The van der Waals surface area contributed by atoms with E-state index in [0.29, 0.717) is 30.7 Å². The van der Waals surface area contributed by atoms with Crippen molar-refractivity contribution in [2.75, 3.05) is 13.6 Å². The molecule has 2 bridgehead atoms. The van der Waals surface area contributed by atoms with Crippen molar-refractivity contribution >= 4 is 23.9 Å². The molecule has 1 fully saturated rings. The Hall–Kier alpha value is -5.12. The van der Waals surface area contributed by atoms with Crippen molar-refractivity contribution in [1.29, 1.82) is 0 Å². The average Bonchev–Trinajstić information content (AvgIpc) is 3.51. The minimum Gasteiger partial charge on any atom is -0.481 e. The number of rotatable bonds is 11. The van der Waals surface area contributed by atoms with Gasteiger partial charge in [0.25, 0.3) is 0 Å². The lowest BCUT2D eigenvalue weighted by atomic mass is 9.50. The van der Waals surface area contributed by atoms with Gasteiger partial charge in [0.1, 0.15) is 11.5 Å². The number of likely N-dealkylation sites (N-methyl/N-ethyl adjacent to an activating group) is 1. The number of hydrogen-bond donors (Lipinski definition) is 5. The highest BCUT2D eigenvalue weighted by Gasteiger charge is 2.72. The molecule has 52 heavy (non-hydrogen) atoms. The molecule has 14 heteroatoms. The van der Waals surface area contributed by atoms with Gasteiger partial charge < -0.3 is 49.4 Å². The number of likely N-dealkylation sites (tertiary alicyclic amines) is 1. The number of carboxylic acids is 1. The van der Waals surface area contributed by atoms with Gasteiger partial charge in [-0.15, -0.1) is 0 Å². The number of esters is 3. The normalized spacial score (nSPS) is 26.4. The lowest BCUT2D eigenvalue weighted by Gasteiger charge is -2.61. The molecule has 0 unspecified atom stereocenters. The van der Waals surface area contributed by atoms with Gasteiger partial charge in [0.15, 0.2) is 18.3 Å². The van der Waals surface area contributed by atoms with Gasteiger partial charge >= 0.3 is 23.9 Å². The Morgan fingerprint density at radius 2 is 1.50 bits per heavy atom. The summed E-state index contributed by atoms with van der Waals surface area (Å²) in [5.41, 5.74) is 0.000256. The third-order valence-corrected chi connectivity index (χ3v) is 10.7. The van der Waals surface area contributed by atoms with Crippen molar-refractivity contribution in [1.82, 2.24) is 4.90 Å². The largest absolute Gasteiger partial charge is 0.481 e. The molecule has 0 amide bonds.